The molecule has 1 aromatic carbocycles. The van der Waals surface area contributed by atoms with Crippen LogP contribution in [0.5, 0.6) is 0 Å². The summed E-state index contributed by atoms with van der Waals surface area (Å²) >= 11 is 5.97. The molecule has 2 N–H and O–H groups in total. The van der Waals surface area contributed by atoms with Crippen molar-refractivity contribution in [1.82, 2.24) is 10.4 Å². The molecule has 0 aliphatic carbocycles. The van der Waals surface area contributed by atoms with Gasteiger partial charge in [-0.3, -0.25) is 9.80 Å². The second kappa shape index (κ2) is 6.48. The first-order chi connectivity index (χ1) is 7.65. The van der Waals surface area contributed by atoms with Gasteiger partial charge in [0.2, 0.25) is 5.91 Å². The zero-order valence-corrected chi connectivity index (χ0v) is 9.87. The second-order valence-electron chi connectivity index (χ2n) is 3.32. The summed E-state index contributed by atoms with van der Waals surface area (Å²) in [5.41, 5.74) is 3.83. The highest BCUT2D eigenvalue weighted by atomic mass is 35.5. The number of amides is 1. The lowest BCUT2D eigenvalue weighted by Crippen LogP contribution is -2.42. The first kappa shape index (κ1) is 13.0. The van der Waals surface area contributed by atoms with Crippen LogP contribution in [0.2, 0.25) is 5.02 Å². The van der Waals surface area contributed by atoms with E-state index in [0.717, 1.165) is 5.56 Å². The van der Waals surface area contributed by atoms with Crippen LogP contribution >= 0.6 is 11.6 Å². The number of hydrogen-bond acceptors (Lipinski definition) is 3. The van der Waals surface area contributed by atoms with Gasteiger partial charge in [-0.15, -0.1) is 0 Å². The lowest BCUT2D eigenvalue weighted by atomic mass is 10.2. The predicted molar refractivity (Wildman–Crippen MR) is 62.8 cm³/mol. The van der Waals surface area contributed by atoms with Crippen molar-refractivity contribution in [2.24, 2.45) is 0 Å². The van der Waals surface area contributed by atoms with Crippen LogP contribution in [0.25, 0.3) is 0 Å². The van der Waals surface area contributed by atoms with E-state index in [1.165, 1.54) is 11.9 Å². The lowest BCUT2D eigenvalue weighted by Gasteiger charge is -2.21. The third kappa shape index (κ3) is 3.81. The van der Waals surface area contributed by atoms with Crippen molar-refractivity contribution in [2.45, 2.75) is 13.5 Å². The first-order valence-corrected chi connectivity index (χ1v) is 5.39. The summed E-state index contributed by atoms with van der Waals surface area (Å²) in [5, 5.41) is 10.8. The molecule has 88 valence electrons. The average molecular weight is 243 g/mol. The quantitative estimate of drug-likeness (QED) is 0.763. The lowest BCUT2D eigenvalue weighted by molar-refractivity contribution is -0.132. The van der Waals surface area contributed by atoms with E-state index < -0.39 is 0 Å². The topological polar surface area (TPSA) is 52.6 Å². The van der Waals surface area contributed by atoms with Crippen LogP contribution in [0.3, 0.4) is 0 Å². The van der Waals surface area contributed by atoms with Crippen molar-refractivity contribution in [1.29, 1.82) is 0 Å². The molecular formula is C11H15ClN2O2. The Hall–Kier alpha value is -1.10. The Morgan fingerprint density at radius 1 is 1.50 bits per heavy atom. The number of carbonyl (C=O) groups excluding carboxylic acids is 1. The number of hydrogen-bond donors (Lipinski definition) is 2. The van der Waals surface area contributed by atoms with Crippen molar-refractivity contribution in [3.8, 4) is 0 Å². The molecule has 0 aliphatic rings. The number of benzene rings is 1. The zero-order chi connectivity index (χ0) is 12.0. The number of nitrogens with zero attached hydrogens (tertiary/aromatic N) is 1. The van der Waals surface area contributed by atoms with E-state index in [0.29, 0.717) is 11.6 Å². The maximum atomic E-state index is 11.2. The molecule has 1 rings (SSSR count). The Balaban J connectivity index is 2.55. The van der Waals surface area contributed by atoms with Crippen molar-refractivity contribution in [3.05, 3.63) is 34.9 Å². The molecule has 0 unspecified atom stereocenters. The van der Waals surface area contributed by atoms with Crippen molar-refractivity contribution < 1.29 is 9.90 Å². The highest BCUT2D eigenvalue weighted by Gasteiger charge is 2.07. The van der Waals surface area contributed by atoms with Crippen LogP contribution in [-0.2, 0) is 11.3 Å². The third-order valence-corrected chi connectivity index (χ3v) is 2.49. The maximum Gasteiger partial charge on any atom is 0.233 e. The van der Waals surface area contributed by atoms with E-state index in [1.807, 2.05) is 18.2 Å². The average Bonchev–Trinajstić information content (AvgIpc) is 2.26. The summed E-state index contributed by atoms with van der Waals surface area (Å²) < 4.78 is 0. The van der Waals surface area contributed by atoms with Crippen LogP contribution in [0.4, 0.5) is 0 Å². The van der Waals surface area contributed by atoms with E-state index in [4.69, 9.17) is 16.7 Å². The summed E-state index contributed by atoms with van der Waals surface area (Å²) in [7, 11) is 0. The zero-order valence-electron chi connectivity index (χ0n) is 9.11. The van der Waals surface area contributed by atoms with E-state index in [9.17, 15) is 4.79 Å². The highest BCUT2D eigenvalue weighted by Crippen LogP contribution is 2.14. The van der Waals surface area contributed by atoms with E-state index in [1.54, 1.807) is 6.07 Å². The van der Waals surface area contributed by atoms with Crippen LogP contribution in [0.15, 0.2) is 24.3 Å². The highest BCUT2D eigenvalue weighted by molar-refractivity contribution is 6.31. The normalized spacial score (nSPS) is 10.2. The standard InChI is InChI=1S/C11H15ClN2O2/c1-9(16)14(6-7-15)13-8-10-4-2-3-5-11(10)12/h2-5,13,15H,6-8H2,1H3. The van der Waals surface area contributed by atoms with Gasteiger partial charge in [0.15, 0.2) is 0 Å². The molecule has 0 fully saturated rings. The molecule has 0 radical (unpaired) electrons. The fourth-order valence-corrected chi connectivity index (χ4v) is 1.47. The first-order valence-electron chi connectivity index (χ1n) is 5.01. The third-order valence-electron chi connectivity index (χ3n) is 2.12. The Morgan fingerprint density at radius 2 is 2.19 bits per heavy atom. The molecule has 0 spiro atoms. The van der Waals surface area contributed by atoms with Crippen LogP contribution in [0, 0.1) is 0 Å². The molecule has 0 saturated carbocycles. The monoisotopic (exact) mass is 242 g/mol. The number of aliphatic hydroxyl groups is 1. The molecule has 0 heterocycles. The van der Waals surface area contributed by atoms with E-state index in [2.05, 4.69) is 5.43 Å². The molecule has 0 saturated heterocycles. The number of nitrogens with one attached hydrogen (secondary N) is 1. The smallest absolute Gasteiger partial charge is 0.233 e. The Morgan fingerprint density at radius 3 is 2.75 bits per heavy atom. The Kier molecular flexibility index (Phi) is 5.25. The van der Waals surface area contributed by atoms with Gasteiger partial charge in [0.25, 0.3) is 0 Å². The van der Waals surface area contributed by atoms with Gasteiger partial charge in [0.1, 0.15) is 0 Å². The van der Waals surface area contributed by atoms with Crippen molar-refractivity contribution >= 4 is 17.5 Å². The molecule has 16 heavy (non-hydrogen) atoms. The molecule has 0 bridgehead atoms. The van der Waals surface area contributed by atoms with Gasteiger partial charge in [0.05, 0.1) is 13.2 Å². The van der Waals surface area contributed by atoms with E-state index >= 15 is 0 Å². The summed E-state index contributed by atoms with van der Waals surface area (Å²) in [5.74, 6) is -0.138. The fraction of sp³-hybridized carbons (Fsp3) is 0.364. The predicted octanol–water partition coefficient (Wildman–Crippen LogP) is 1.19. The minimum atomic E-state index is -0.138. The van der Waals surface area contributed by atoms with Gasteiger partial charge in [0, 0.05) is 18.5 Å². The molecule has 4 nitrogen and oxygen atoms in total. The largest absolute Gasteiger partial charge is 0.394 e. The number of hydrazine groups is 1. The molecule has 0 aromatic heterocycles. The number of halogens is 1. The molecule has 1 aromatic rings. The van der Waals surface area contributed by atoms with Gasteiger partial charge in [-0.2, -0.15) is 0 Å². The summed E-state index contributed by atoms with van der Waals surface area (Å²) in [6, 6.07) is 7.41. The maximum absolute atomic E-state index is 11.2. The summed E-state index contributed by atoms with van der Waals surface area (Å²) in [4.78, 5) is 11.2. The van der Waals surface area contributed by atoms with Gasteiger partial charge in [-0.1, -0.05) is 29.8 Å². The van der Waals surface area contributed by atoms with Crippen LogP contribution < -0.4 is 5.43 Å². The van der Waals surface area contributed by atoms with Crippen molar-refractivity contribution in [2.75, 3.05) is 13.2 Å². The molecule has 0 atom stereocenters. The number of rotatable bonds is 5. The van der Waals surface area contributed by atoms with Crippen LogP contribution in [0.1, 0.15) is 12.5 Å². The number of aliphatic hydroxyl groups excluding tert-OH is 1. The minimum absolute atomic E-state index is 0.0743. The fourth-order valence-electron chi connectivity index (χ4n) is 1.27. The second-order valence-corrected chi connectivity index (χ2v) is 3.73. The van der Waals surface area contributed by atoms with Gasteiger partial charge < -0.3 is 5.11 Å². The van der Waals surface area contributed by atoms with E-state index in [-0.39, 0.29) is 19.1 Å². The van der Waals surface area contributed by atoms with Gasteiger partial charge >= 0.3 is 0 Å². The summed E-state index contributed by atoms with van der Waals surface area (Å²) in [6.45, 7) is 2.09. The molecule has 1 amide bonds. The van der Waals surface area contributed by atoms with Crippen molar-refractivity contribution in [3.63, 3.8) is 0 Å². The summed E-state index contributed by atoms with van der Waals surface area (Å²) in [6.07, 6.45) is 0. The minimum Gasteiger partial charge on any atom is -0.394 e. The Labute approximate surface area is 99.8 Å². The van der Waals surface area contributed by atoms with Gasteiger partial charge in [-0.05, 0) is 11.6 Å². The number of carbonyl (C=O) groups is 1. The molecule has 0 aliphatic heterocycles. The molecular weight excluding hydrogens is 228 g/mol. The SMILES string of the molecule is CC(=O)N(CCO)NCc1ccccc1Cl. The van der Waals surface area contributed by atoms with Gasteiger partial charge in [-0.25, -0.2) is 5.43 Å². The van der Waals surface area contributed by atoms with Crippen LogP contribution in [-0.4, -0.2) is 29.2 Å². The Bertz CT molecular complexity index is 358. The molecule has 5 heteroatoms.